The fourth-order valence-electron chi connectivity index (χ4n) is 3.12. The van der Waals surface area contributed by atoms with E-state index in [9.17, 15) is 0 Å². The predicted octanol–water partition coefficient (Wildman–Crippen LogP) is 2.86. The number of rotatable bonds is 6. The van der Waals surface area contributed by atoms with E-state index in [-0.39, 0.29) is 12.3 Å². The normalized spacial score (nSPS) is 19.1. The Morgan fingerprint density at radius 3 is 2.54 bits per heavy atom. The maximum Gasteiger partial charge on any atom is 0.276 e. The molecular formula is C21H25N4O2S+. The molecule has 3 aromatic rings. The number of hydrogen-bond donors (Lipinski definition) is 1. The lowest BCUT2D eigenvalue weighted by Gasteiger charge is -2.14. The molecule has 0 unspecified atom stereocenters. The van der Waals surface area contributed by atoms with Gasteiger partial charge < -0.3 is 19.4 Å². The molecule has 2 heterocycles. The zero-order valence-corrected chi connectivity index (χ0v) is 17.1. The average Bonchev–Trinajstić information content (AvgIpc) is 3.37. The molecule has 2 N–H and O–H groups in total. The number of benzene rings is 2. The largest absolute Gasteiger partial charge is 0.411 e. The van der Waals surface area contributed by atoms with Crippen LogP contribution in [0.3, 0.4) is 0 Å². The van der Waals surface area contributed by atoms with Gasteiger partial charge in [0.15, 0.2) is 0 Å². The van der Waals surface area contributed by atoms with Gasteiger partial charge in [0.1, 0.15) is 12.6 Å². The van der Waals surface area contributed by atoms with Crippen LogP contribution >= 0.6 is 11.8 Å². The van der Waals surface area contributed by atoms with Gasteiger partial charge in [-0.3, -0.25) is 0 Å². The highest BCUT2D eigenvalue weighted by Gasteiger charge is 2.30. The molecule has 1 aromatic heterocycles. The molecule has 1 saturated heterocycles. The first kappa shape index (κ1) is 19.0. The fourth-order valence-corrected chi connectivity index (χ4v) is 3.90. The first-order chi connectivity index (χ1) is 13.6. The molecule has 0 radical (unpaired) electrons. The molecule has 1 fully saturated rings. The Labute approximate surface area is 169 Å². The van der Waals surface area contributed by atoms with Crippen molar-refractivity contribution in [1.82, 2.24) is 10.2 Å². The molecule has 0 saturated carbocycles. The summed E-state index contributed by atoms with van der Waals surface area (Å²) in [6, 6.07) is 16.6. The summed E-state index contributed by atoms with van der Waals surface area (Å²) in [5, 5.41) is 11.1. The van der Waals surface area contributed by atoms with Crippen LogP contribution in [0.15, 0.2) is 58.2 Å². The quantitative estimate of drug-likeness (QED) is 0.645. The lowest BCUT2D eigenvalue weighted by Crippen LogP contribution is -2.82. The monoisotopic (exact) mass is 397 g/mol. The maximum atomic E-state index is 6.19. The van der Waals surface area contributed by atoms with E-state index in [0.29, 0.717) is 11.1 Å². The van der Waals surface area contributed by atoms with Crippen LogP contribution in [0, 0.1) is 6.92 Å². The number of aromatic nitrogens is 2. The number of nitrogens with two attached hydrogens (primary N) is 1. The Kier molecular flexibility index (Phi) is 5.66. The highest BCUT2D eigenvalue weighted by molar-refractivity contribution is 7.99. The minimum absolute atomic E-state index is 0.0487. The van der Waals surface area contributed by atoms with Crippen molar-refractivity contribution in [3.05, 3.63) is 59.7 Å². The molecule has 6 nitrogen and oxygen atoms in total. The molecule has 146 valence electrons. The number of aryl methyl sites for hydroxylation is 1. The van der Waals surface area contributed by atoms with Crippen molar-refractivity contribution in [3.8, 4) is 11.5 Å². The zero-order chi connectivity index (χ0) is 19.5. The average molecular weight is 398 g/mol. The highest BCUT2D eigenvalue weighted by Crippen LogP contribution is 2.26. The number of ether oxygens (including phenoxy) is 1. The van der Waals surface area contributed by atoms with E-state index in [1.807, 2.05) is 38.4 Å². The Bertz CT molecular complexity index is 909. The van der Waals surface area contributed by atoms with Crippen molar-refractivity contribution in [2.75, 3.05) is 31.3 Å². The van der Waals surface area contributed by atoms with Crippen molar-refractivity contribution >= 4 is 17.4 Å². The number of hydrogen-bond acceptors (Lipinski definition) is 6. The molecule has 7 heteroatoms. The van der Waals surface area contributed by atoms with Gasteiger partial charge in [0, 0.05) is 36.7 Å². The van der Waals surface area contributed by atoms with Crippen LogP contribution in [0.2, 0.25) is 0 Å². The van der Waals surface area contributed by atoms with Gasteiger partial charge in [-0.15, -0.1) is 10.2 Å². The summed E-state index contributed by atoms with van der Waals surface area (Å²) in [5.74, 6) is 1.35. The molecule has 4 rings (SSSR count). The van der Waals surface area contributed by atoms with Crippen molar-refractivity contribution in [2.45, 2.75) is 24.5 Å². The van der Waals surface area contributed by atoms with Crippen LogP contribution in [0.1, 0.15) is 17.4 Å². The molecule has 0 bridgehead atoms. The first-order valence-electron chi connectivity index (χ1n) is 9.38. The van der Waals surface area contributed by atoms with Gasteiger partial charge in [0.2, 0.25) is 12.1 Å². The van der Waals surface area contributed by atoms with Crippen molar-refractivity contribution in [2.24, 2.45) is 0 Å². The summed E-state index contributed by atoms with van der Waals surface area (Å²) in [6.07, 6.45) is 0.200. The van der Waals surface area contributed by atoms with Crippen LogP contribution in [0.5, 0.6) is 0 Å². The van der Waals surface area contributed by atoms with E-state index in [0.717, 1.165) is 17.9 Å². The fraction of sp³-hybridized carbons (Fsp3) is 0.333. The van der Waals surface area contributed by atoms with Crippen molar-refractivity contribution in [3.63, 3.8) is 0 Å². The van der Waals surface area contributed by atoms with Crippen LogP contribution in [-0.2, 0) is 4.74 Å². The second-order valence-electron chi connectivity index (χ2n) is 7.19. The topological polar surface area (TPSA) is 68.0 Å². The lowest BCUT2D eigenvalue weighted by molar-refractivity contribution is -0.697. The number of nitrogens with zero attached hydrogens (tertiary/aromatic N) is 3. The summed E-state index contributed by atoms with van der Waals surface area (Å²) in [4.78, 5) is 2.09. The number of thioether (sulfide) groups is 1. The minimum Gasteiger partial charge on any atom is -0.411 e. The van der Waals surface area contributed by atoms with Crippen molar-refractivity contribution in [1.29, 1.82) is 0 Å². The third-order valence-corrected chi connectivity index (χ3v) is 5.74. The summed E-state index contributed by atoms with van der Waals surface area (Å²) in [5.41, 5.74) is 4.53. The Morgan fingerprint density at radius 1 is 1.07 bits per heavy atom. The summed E-state index contributed by atoms with van der Waals surface area (Å²) in [7, 11) is 4.09. The van der Waals surface area contributed by atoms with E-state index < -0.39 is 0 Å². The SMILES string of the molecule is Cc1ccc(-c2nnc(SC[C@@H]3C[NH2+][C@@H](c4ccc(N(C)C)cc4)O3)o2)cc1. The van der Waals surface area contributed by atoms with Gasteiger partial charge in [0.25, 0.3) is 5.22 Å². The summed E-state index contributed by atoms with van der Waals surface area (Å²) >= 11 is 1.55. The van der Waals surface area contributed by atoms with E-state index >= 15 is 0 Å². The third-order valence-electron chi connectivity index (χ3n) is 4.79. The van der Waals surface area contributed by atoms with Crippen LogP contribution in [0.25, 0.3) is 11.5 Å². The molecule has 0 amide bonds. The third kappa shape index (κ3) is 4.38. The van der Waals surface area contributed by atoms with Gasteiger partial charge in [-0.25, -0.2) is 0 Å². The van der Waals surface area contributed by atoms with Crippen LogP contribution in [0.4, 0.5) is 5.69 Å². The second kappa shape index (κ2) is 8.34. The Morgan fingerprint density at radius 2 is 1.82 bits per heavy atom. The maximum absolute atomic E-state index is 6.19. The molecule has 2 aromatic carbocycles. The van der Waals surface area contributed by atoms with E-state index in [1.54, 1.807) is 11.8 Å². The number of anilines is 1. The minimum atomic E-state index is 0.0487. The smallest absolute Gasteiger partial charge is 0.276 e. The van der Waals surface area contributed by atoms with Crippen LogP contribution in [-0.4, -0.2) is 42.7 Å². The second-order valence-corrected chi connectivity index (χ2v) is 8.16. The first-order valence-corrected chi connectivity index (χ1v) is 10.4. The van der Waals surface area contributed by atoms with E-state index in [2.05, 4.69) is 51.6 Å². The summed E-state index contributed by atoms with van der Waals surface area (Å²) < 4.78 is 12.0. The zero-order valence-electron chi connectivity index (χ0n) is 16.3. The molecule has 2 atom stereocenters. The van der Waals surface area contributed by atoms with Gasteiger partial charge in [-0.1, -0.05) is 29.5 Å². The standard InChI is InChI=1S/C21H24N4O2S/c1-14-4-6-16(7-5-14)20-23-24-21(27-20)28-13-18-12-22-19(26-18)15-8-10-17(11-9-15)25(2)3/h4-11,18-19,22H,12-13H2,1-3H3/p+1/t18-,19+/m0/s1. The number of quaternary nitrogens is 1. The van der Waals surface area contributed by atoms with Gasteiger partial charge in [-0.2, -0.15) is 0 Å². The van der Waals surface area contributed by atoms with Gasteiger partial charge >= 0.3 is 0 Å². The van der Waals surface area contributed by atoms with Gasteiger partial charge in [-0.05, 0) is 43.3 Å². The Hall–Kier alpha value is -2.35. The van der Waals surface area contributed by atoms with Gasteiger partial charge in [0.05, 0.1) is 0 Å². The highest BCUT2D eigenvalue weighted by atomic mass is 32.2. The molecule has 0 aliphatic carbocycles. The van der Waals surface area contributed by atoms with Crippen molar-refractivity contribution < 1.29 is 14.5 Å². The van der Waals surface area contributed by atoms with E-state index in [4.69, 9.17) is 9.15 Å². The van der Waals surface area contributed by atoms with Crippen LogP contribution < -0.4 is 10.2 Å². The summed E-state index contributed by atoms with van der Waals surface area (Å²) in [6.45, 7) is 2.98. The lowest BCUT2D eigenvalue weighted by atomic mass is 10.1. The molecule has 0 spiro atoms. The predicted molar refractivity (Wildman–Crippen MR) is 110 cm³/mol. The Balaban J connectivity index is 1.31. The molecular weight excluding hydrogens is 372 g/mol. The molecule has 1 aliphatic rings. The molecule has 1 aliphatic heterocycles. The van der Waals surface area contributed by atoms with E-state index in [1.165, 1.54) is 16.8 Å². The molecule has 28 heavy (non-hydrogen) atoms.